The molecule has 0 saturated carbocycles. The van der Waals surface area contributed by atoms with Crippen molar-refractivity contribution in [2.24, 2.45) is 0 Å². The number of ether oxygens (including phenoxy) is 3. The molecule has 0 aromatic heterocycles. The Balaban J connectivity index is 2.21. The van der Waals surface area contributed by atoms with E-state index in [0.29, 0.717) is 11.6 Å². The van der Waals surface area contributed by atoms with Gasteiger partial charge >= 0.3 is 12.7 Å². The SMILES string of the molecule is FC(F)(F)Oc1cc(O[CH]c2ccccc2)cc(OC(F)(F)F)c1. The highest BCUT2D eigenvalue weighted by Crippen LogP contribution is 2.34. The van der Waals surface area contributed by atoms with Crippen LogP contribution >= 0.6 is 0 Å². The summed E-state index contributed by atoms with van der Waals surface area (Å²) in [6.07, 6.45) is -10.1. The van der Waals surface area contributed by atoms with Crippen LogP contribution in [0.3, 0.4) is 0 Å². The smallest absolute Gasteiger partial charge is 0.481 e. The van der Waals surface area contributed by atoms with E-state index in [2.05, 4.69) is 9.47 Å². The second kappa shape index (κ2) is 6.90. The predicted octanol–water partition coefficient (Wildman–Crippen LogP) is 5.07. The molecule has 0 fully saturated rings. The summed E-state index contributed by atoms with van der Waals surface area (Å²) in [5.41, 5.74) is 0.554. The van der Waals surface area contributed by atoms with Gasteiger partial charge in [0.1, 0.15) is 17.2 Å². The highest BCUT2D eigenvalue weighted by molar-refractivity contribution is 5.43. The van der Waals surface area contributed by atoms with Gasteiger partial charge in [-0.15, -0.1) is 26.3 Å². The third-order valence-corrected chi connectivity index (χ3v) is 2.45. The van der Waals surface area contributed by atoms with Crippen molar-refractivity contribution in [1.82, 2.24) is 0 Å². The summed E-state index contributed by atoms with van der Waals surface area (Å²) in [5, 5.41) is 0. The van der Waals surface area contributed by atoms with Crippen LogP contribution in [0.5, 0.6) is 17.2 Å². The summed E-state index contributed by atoms with van der Waals surface area (Å²) in [5.74, 6) is -2.12. The molecule has 0 heterocycles. The summed E-state index contributed by atoms with van der Waals surface area (Å²) in [6, 6.07) is 10.4. The first kappa shape index (κ1) is 17.8. The lowest BCUT2D eigenvalue weighted by atomic mass is 10.2. The first-order valence-electron chi connectivity index (χ1n) is 6.32. The number of benzene rings is 2. The average molecular weight is 351 g/mol. The maximum atomic E-state index is 12.3. The predicted molar refractivity (Wildman–Crippen MR) is 70.3 cm³/mol. The summed E-state index contributed by atoms with van der Waals surface area (Å²) in [7, 11) is 0. The van der Waals surface area contributed by atoms with E-state index in [1.807, 2.05) is 0 Å². The molecule has 2 aromatic carbocycles. The molecule has 0 spiro atoms. The number of rotatable bonds is 5. The fourth-order valence-electron chi connectivity index (χ4n) is 1.67. The maximum Gasteiger partial charge on any atom is 0.573 e. The summed E-state index contributed by atoms with van der Waals surface area (Å²) in [4.78, 5) is 0. The summed E-state index contributed by atoms with van der Waals surface area (Å²) >= 11 is 0. The molecule has 24 heavy (non-hydrogen) atoms. The van der Waals surface area contributed by atoms with Gasteiger partial charge in [0.2, 0.25) is 0 Å². The molecule has 0 saturated heterocycles. The van der Waals surface area contributed by atoms with Crippen LogP contribution in [0.25, 0.3) is 0 Å². The molecule has 129 valence electrons. The van der Waals surface area contributed by atoms with Gasteiger partial charge in [0, 0.05) is 18.2 Å². The lowest BCUT2D eigenvalue weighted by molar-refractivity contribution is -0.276. The maximum absolute atomic E-state index is 12.3. The molecule has 0 aliphatic carbocycles. The first-order chi connectivity index (χ1) is 11.1. The van der Waals surface area contributed by atoms with Crippen LogP contribution in [-0.2, 0) is 0 Å². The van der Waals surface area contributed by atoms with E-state index in [9.17, 15) is 26.3 Å². The van der Waals surface area contributed by atoms with Gasteiger partial charge in [0.15, 0.2) is 6.61 Å². The van der Waals surface area contributed by atoms with Crippen LogP contribution in [0.15, 0.2) is 48.5 Å². The third-order valence-electron chi connectivity index (χ3n) is 2.45. The van der Waals surface area contributed by atoms with Crippen molar-refractivity contribution in [1.29, 1.82) is 0 Å². The van der Waals surface area contributed by atoms with E-state index >= 15 is 0 Å². The highest BCUT2D eigenvalue weighted by Gasteiger charge is 2.34. The Morgan fingerprint density at radius 3 is 1.58 bits per heavy atom. The Labute approximate surface area is 132 Å². The third kappa shape index (κ3) is 6.27. The van der Waals surface area contributed by atoms with Gasteiger partial charge in [-0.05, 0) is 5.56 Å². The van der Waals surface area contributed by atoms with Gasteiger partial charge in [-0.1, -0.05) is 30.3 Å². The van der Waals surface area contributed by atoms with E-state index in [0.717, 1.165) is 18.7 Å². The highest BCUT2D eigenvalue weighted by atomic mass is 19.4. The molecule has 0 amide bonds. The molecule has 9 heteroatoms. The standard InChI is InChI=1S/C15H9F6O3/c16-14(17,18)23-12-6-11(7-13(8-12)24-15(19,20)21)22-9-10-4-2-1-3-5-10/h1-9H. The minimum atomic E-state index is -5.07. The van der Waals surface area contributed by atoms with E-state index in [-0.39, 0.29) is 5.75 Å². The minimum Gasteiger partial charge on any atom is -0.481 e. The molecule has 1 radical (unpaired) electrons. The van der Waals surface area contributed by atoms with Gasteiger partial charge in [0.05, 0.1) is 0 Å². The quantitative estimate of drug-likeness (QED) is 0.704. The first-order valence-corrected chi connectivity index (χ1v) is 6.32. The van der Waals surface area contributed by atoms with Gasteiger partial charge in [-0.25, -0.2) is 0 Å². The molecule has 0 N–H and O–H groups in total. The van der Waals surface area contributed by atoms with Crippen LogP contribution in [0.1, 0.15) is 5.56 Å². The molecular weight excluding hydrogens is 342 g/mol. The number of hydrogen-bond donors (Lipinski definition) is 0. The van der Waals surface area contributed by atoms with Crippen LogP contribution in [0.2, 0.25) is 0 Å². The Hall–Kier alpha value is -2.58. The zero-order chi connectivity index (χ0) is 17.8. The topological polar surface area (TPSA) is 27.7 Å². The molecule has 0 atom stereocenters. The number of halogens is 6. The van der Waals surface area contributed by atoms with E-state index in [1.54, 1.807) is 30.3 Å². The molecular formula is C15H9F6O3. The largest absolute Gasteiger partial charge is 0.573 e. The Kier molecular flexibility index (Phi) is 5.10. The van der Waals surface area contributed by atoms with Crippen LogP contribution in [0, 0.1) is 6.61 Å². The average Bonchev–Trinajstić information content (AvgIpc) is 2.42. The van der Waals surface area contributed by atoms with Crippen molar-refractivity contribution in [3.8, 4) is 17.2 Å². The Bertz CT molecular complexity index is 633. The van der Waals surface area contributed by atoms with E-state index in [4.69, 9.17) is 4.74 Å². The van der Waals surface area contributed by atoms with Crippen molar-refractivity contribution < 1.29 is 40.6 Å². The van der Waals surface area contributed by atoms with Gasteiger partial charge < -0.3 is 14.2 Å². The molecule has 2 aromatic rings. The fourth-order valence-corrected chi connectivity index (χ4v) is 1.67. The lowest BCUT2D eigenvalue weighted by Gasteiger charge is -2.14. The molecule has 0 bridgehead atoms. The summed E-state index contributed by atoms with van der Waals surface area (Å²) < 4.78 is 85.9. The van der Waals surface area contributed by atoms with Crippen LogP contribution in [0.4, 0.5) is 26.3 Å². The van der Waals surface area contributed by atoms with Gasteiger partial charge in [0.25, 0.3) is 0 Å². The van der Waals surface area contributed by atoms with E-state index in [1.165, 1.54) is 0 Å². The van der Waals surface area contributed by atoms with E-state index < -0.39 is 24.2 Å². The fraction of sp³-hybridized carbons (Fsp3) is 0.133. The van der Waals surface area contributed by atoms with Crippen molar-refractivity contribution in [2.45, 2.75) is 12.7 Å². The molecule has 0 unspecified atom stereocenters. The second-order valence-electron chi connectivity index (χ2n) is 4.38. The number of alkyl halides is 6. The molecule has 2 rings (SSSR count). The lowest BCUT2D eigenvalue weighted by Crippen LogP contribution is -2.19. The van der Waals surface area contributed by atoms with Crippen molar-refractivity contribution in [2.75, 3.05) is 0 Å². The zero-order valence-corrected chi connectivity index (χ0v) is 11.7. The number of hydrogen-bond acceptors (Lipinski definition) is 3. The van der Waals surface area contributed by atoms with Crippen molar-refractivity contribution >= 4 is 0 Å². The molecule has 0 aliphatic heterocycles. The normalized spacial score (nSPS) is 11.9. The Morgan fingerprint density at radius 1 is 0.667 bits per heavy atom. The van der Waals surface area contributed by atoms with Crippen molar-refractivity contribution in [3.05, 3.63) is 60.7 Å². The summed E-state index contributed by atoms with van der Waals surface area (Å²) in [6.45, 7) is 1.16. The molecule has 0 aliphatic rings. The van der Waals surface area contributed by atoms with Crippen LogP contribution in [-0.4, -0.2) is 12.7 Å². The monoisotopic (exact) mass is 351 g/mol. The minimum absolute atomic E-state index is 0.320. The van der Waals surface area contributed by atoms with Crippen molar-refractivity contribution in [3.63, 3.8) is 0 Å². The second-order valence-corrected chi connectivity index (χ2v) is 4.38. The van der Waals surface area contributed by atoms with Crippen LogP contribution < -0.4 is 14.2 Å². The zero-order valence-electron chi connectivity index (χ0n) is 11.7. The Morgan fingerprint density at radius 2 is 1.12 bits per heavy atom. The van der Waals surface area contributed by atoms with Gasteiger partial charge in [-0.3, -0.25) is 0 Å². The molecule has 3 nitrogen and oxygen atoms in total. The van der Waals surface area contributed by atoms with Gasteiger partial charge in [-0.2, -0.15) is 0 Å².